The highest BCUT2D eigenvalue weighted by molar-refractivity contribution is 6.03. The van der Waals surface area contributed by atoms with Gasteiger partial charge in [0, 0.05) is 5.92 Å². The van der Waals surface area contributed by atoms with Gasteiger partial charge < -0.3 is 15.6 Å². The number of rotatable bonds is 7. The van der Waals surface area contributed by atoms with E-state index in [1.54, 1.807) is 0 Å². The molecule has 1 aliphatic carbocycles. The smallest absolute Gasteiger partial charge is 0.325 e. The second-order valence-corrected chi connectivity index (χ2v) is 7.54. The van der Waals surface area contributed by atoms with Gasteiger partial charge in [-0.05, 0) is 43.3 Å². The second kappa shape index (κ2) is 7.67. The highest BCUT2D eigenvalue weighted by atomic mass is 16.5. The highest BCUT2D eigenvalue weighted by Gasteiger charge is 2.52. The minimum Gasteiger partial charge on any atom is -0.480 e. The molecule has 152 valence electrons. The van der Waals surface area contributed by atoms with Crippen molar-refractivity contribution in [1.82, 2.24) is 4.90 Å². The van der Waals surface area contributed by atoms with E-state index >= 15 is 0 Å². The molecule has 3 N–H and O–H groups in total. The third-order valence-corrected chi connectivity index (χ3v) is 5.80. The van der Waals surface area contributed by atoms with Crippen molar-refractivity contribution in [3.05, 3.63) is 59.7 Å². The van der Waals surface area contributed by atoms with E-state index < -0.39 is 29.3 Å². The Bertz CT molecular complexity index is 926. The van der Waals surface area contributed by atoms with Crippen LogP contribution in [0.3, 0.4) is 0 Å². The average Bonchev–Trinajstić information content (AvgIpc) is 2.99. The van der Waals surface area contributed by atoms with Gasteiger partial charge in [0.25, 0.3) is 0 Å². The van der Waals surface area contributed by atoms with Gasteiger partial charge in [0.05, 0.1) is 0 Å². The minimum absolute atomic E-state index is 0.0141. The third kappa shape index (κ3) is 3.38. The van der Waals surface area contributed by atoms with Crippen molar-refractivity contribution in [1.29, 1.82) is 0 Å². The maximum absolute atomic E-state index is 12.8. The van der Waals surface area contributed by atoms with Crippen LogP contribution in [-0.4, -0.2) is 54.1 Å². The number of aliphatic carboxylic acids is 1. The number of carbonyl (C=O) groups is 3. The predicted molar refractivity (Wildman–Crippen MR) is 107 cm³/mol. The Labute approximate surface area is 169 Å². The molecular weight excluding hydrogens is 372 g/mol. The Hall–Kier alpha value is -3.19. The molecule has 7 heteroatoms. The van der Waals surface area contributed by atoms with Crippen molar-refractivity contribution < 1.29 is 24.2 Å². The van der Waals surface area contributed by atoms with Gasteiger partial charge in [-0.25, -0.2) is 0 Å². The van der Waals surface area contributed by atoms with Gasteiger partial charge in [0.15, 0.2) is 5.92 Å². The maximum atomic E-state index is 12.8. The molecule has 0 spiro atoms. The second-order valence-electron chi connectivity index (χ2n) is 7.54. The molecule has 0 saturated heterocycles. The summed E-state index contributed by atoms with van der Waals surface area (Å²) in [5.74, 6) is -5.17. The molecule has 7 nitrogen and oxygen atoms in total. The summed E-state index contributed by atoms with van der Waals surface area (Å²) in [4.78, 5) is 38.0. The van der Waals surface area contributed by atoms with E-state index in [1.165, 1.54) is 25.9 Å². The minimum atomic E-state index is -1.82. The molecule has 0 aromatic heterocycles. The SMILES string of the molecule is CN(C)C(C)(C(=O)O)C(C(N)=O)C(=O)OCC1c2ccccc2-c2ccccc21. The molecule has 2 unspecified atom stereocenters. The third-order valence-electron chi connectivity index (χ3n) is 5.80. The fourth-order valence-corrected chi connectivity index (χ4v) is 3.88. The number of likely N-dealkylation sites (N-methyl/N-ethyl adjacent to an activating group) is 1. The van der Waals surface area contributed by atoms with Gasteiger partial charge in [-0.15, -0.1) is 0 Å². The number of hydrogen-bond acceptors (Lipinski definition) is 5. The number of ether oxygens (including phenoxy) is 1. The number of esters is 1. The molecule has 0 aliphatic heterocycles. The summed E-state index contributed by atoms with van der Waals surface area (Å²) in [7, 11) is 2.95. The van der Waals surface area contributed by atoms with Crippen LogP contribution in [0.25, 0.3) is 11.1 Å². The number of primary amides is 1. The monoisotopic (exact) mass is 396 g/mol. The molecule has 1 aliphatic rings. The first kappa shape index (κ1) is 20.5. The fourth-order valence-electron chi connectivity index (χ4n) is 3.88. The quantitative estimate of drug-likeness (QED) is 0.546. The zero-order valence-corrected chi connectivity index (χ0v) is 16.6. The number of amides is 1. The Morgan fingerprint density at radius 2 is 1.55 bits per heavy atom. The van der Waals surface area contributed by atoms with Crippen LogP contribution in [0.15, 0.2) is 48.5 Å². The van der Waals surface area contributed by atoms with Crippen LogP contribution < -0.4 is 5.73 Å². The normalized spacial score (nSPS) is 15.9. The summed E-state index contributed by atoms with van der Waals surface area (Å²) < 4.78 is 5.48. The molecule has 0 saturated carbocycles. The lowest BCUT2D eigenvalue weighted by atomic mass is 9.83. The van der Waals surface area contributed by atoms with Gasteiger partial charge in [-0.2, -0.15) is 0 Å². The van der Waals surface area contributed by atoms with Crippen LogP contribution in [0.2, 0.25) is 0 Å². The number of carboxylic acids is 1. The van der Waals surface area contributed by atoms with Crippen molar-refractivity contribution in [3.63, 3.8) is 0 Å². The van der Waals surface area contributed by atoms with Gasteiger partial charge in [-0.3, -0.25) is 19.3 Å². The predicted octanol–water partition coefficient (Wildman–Crippen LogP) is 1.85. The molecule has 0 radical (unpaired) electrons. The molecular formula is C22H24N2O5. The lowest BCUT2D eigenvalue weighted by Gasteiger charge is -2.36. The summed E-state index contributed by atoms with van der Waals surface area (Å²) in [5, 5.41) is 9.65. The Morgan fingerprint density at radius 1 is 1.07 bits per heavy atom. The first-order chi connectivity index (χ1) is 13.7. The molecule has 0 heterocycles. The van der Waals surface area contributed by atoms with Crippen LogP contribution in [-0.2, 0) is 19.1 Å². The van der Waals surface area contributed by atoms with Gasteiger partial charge in [-0.1, -0.05) is 48.5 Å². The number of fused-ring (bicyclic) bond motifs is 3. The van der Waals surface area contributed by atoms with Crippen molar-refractivity contribution >= 4 is 17.8 Å². The zero-order valence-electron chi connectivity index (χ0n) is 16.6. The van der Waals surface area contributed by atoms with Crippen molar-refractivity contribution in [2.45, 2.75) is 18.4 Å². The number of carboxylic acid groups (broad SMARTS) is 1. The van der Waals surface area contributed by atoms with Crippen molar-refractivity contribution in [3.8, 4) is 11.1 Å². The molecule has 2 aromatic carbocycles. The van der Waals surface area contributed by atoms with E-state index in [0.717, 1.165) is 22.3 Å². The first-order valence-electron chi connectivity index (χ1n) is 9.24. The van der Waals surface area contributed by atoms with Gasteiger partial charge >= 0.3 is 11.9 Å². The lowest BCUT2D eigenvalue weighted by Crippen LogP contribution is -2.60. The summed E-state index contributed by atoms with van der Waals surface area (Å²) >= 11 is 0. The average molecular weight is 396 g/mol. The summed E-state index contributed by atoms with van der Waals surface area (Å²) in [5.41, 5.74) is 7.76. The molecule has 2 atom stereocenters. The standard InChI is InChI=1S/C22H24N2O5/c1-22(21(27)28,24(2)3)18(19(23)25)20(26)29-12-17-15-10-6-4-8-13(15)14-9-5-7-11-16(14)17/h4-11,17-18H,12H2,1-3H3,(H2,23,25)(H,27,28). The highest BCUT2D eigenvalue weighted by Crippen LogP contribution is 2.44. The van der Waals surface area contributed by atoms with E-state index in [2.05, 4.69) is 0 Å². The summed E-state index contributed by atoms with van der Waals surface area (Å²) in [6, 6.07) is 15.7. The zero-order chi connectivity index (χ0) is 21.3. The summed E-state index contributed by atoms with van der Waals surface area (Å²) in [6.07, 6.45) is 0. The summed E-state index contributed by atoms with van der Waals surface area (Å²) in [6.45, 7) is 1.27. The maximum Gasteiger partial charge on any atom is 0.325 e. The van der Waals surface area contributed by atoms with Crippen LogP contribution in [0.5, 0.6) is 0 Å². The number of nitrogens with zero attached hydrogens (tertiary/aromatic N) is 1. The Kier molecular flexibility index (Phi) is 5.44. The van der Waals surface area contributed by atoms with Crippen LogP contribution in [0.1, 0.15) is 24.0 Å². The largest absolute Gasteiger partial charge is 0.480 e. The molecule has 2 aromatic rings. The number of carbonyl (C=O) groups excluding carboxylic acids is 2. The van der Waals surface area contributed by atoms with E-state index in [9.17, 15) is 19.5 Å². The van der Waals surface area contributed by atoms with Crippen LogP contribution >= 0.6 is 0 Å². The molecule has 3 rings (SSSR count). The molecule has 29 heavy (non-hydrogen) atoms. The number of nitrogens with two attached hydrogens (primary N) is 1. The topological polar surface area (TPSA) is 110 Å². The van der Waals surface area contributed by atoms with Crippen molar-refractivity contribution in [2.75, 3.05) is 20.7 Å². The number of hydrogen-bond donors (Lipinski definition) is 2. The van der Waals surface area contributed by atoms with Crippen molar-refractivity contribution in [2.24, 2.45) is 11.7 Å². The van der Waals surface area contributed by atoms with E-state index in [-0.39, 0.29) is 12.5 Å². The molecule has 0 fully saturated rings. The van der Waals surface area contributed by atoms with E-state index in [4.69, 9.17) is 10.5 Å². The number of benzene rings is 2. The first-order valence-corrected chi connectivity index (χ1v) is 9.24. The van der Waals surface area contributed by atoms with E-state index in [0.29, 0.717) is 0 Å². The lowest BCUT2D eigenvalue weighted by molar-refractivity contribution is -0.169. The van der Waals surface area contributed by atoms with E-state index in [1.807, 2.05) is 48.5 Å². The van der Waals surface area contributed by atoms with Crippen LogP contribution in [0.4, 0.5) is 0 Å². The Morgan fingerprint density at radius 3 is 1.97 bits per heavy atom. The van der Waals surface area contributed by atoms with Gasteiger partial charge in [0.1, 0.15) is 12.1 Å². The molecule has 1 amide bonds. The van der Waals surface area contributed by atoms with Gasteiger partial charge in [0.2, 0.25) is 5.91 Å². The fraction of sp³-hybridized carbons (Fsp3) is 0.318. The Balaban J connectivity index is 1.88. The molecule has 0 bridgehead atoms. The van der Waals surface area contributed by atoms with Crippen LogP contribution in [0, 0.1) is 5.92 Å².